The summed E-state index contributed by atoms with van der Waals surface area (Å²) >= 11 is 0. The molecule has 0 unspecified atom stereocenters. The van der Waals surface area contributed by atoms with Crippen LogP contribution in [-0.2, 0) is 12.8 Å². The lowest BCUT2D eigenvalue weighted by Crippen LogP contribution is -2.17. The second-order valence-electron chi connectivity index (χ2n) is 3.61. The Morgan fingerprint density at radius 2 is 2.23 bits per heavy atom. The summed E-state index contributed by atoms with van der Waals surface area (Å²) in [5.74, 6) is 0.541. The third-order valence-corrected chi connectivity index (χ3v) is 1.99. The first-order valence-corrected chi connectivity index (χ1v) is 4.70. The fraction of sp³-hybridized carbons (Fsp3) is 0.600. The highest BCUT2D eigenvalue weighted by Crippen LogP contribution is 2.07. The number of aromatic nitrogens is 2. The van der Waals surface area contributed by atoms with Gasteiger partial charge in [0, 0.05) is 5.56 Å². The Kier molecular flexibility index (Phi) is 3.23. The summed E-state index contributed by atoms with van der Waals surface area (Å²) < 4.78 is 0. The van der Waals surface area contributed by atoms with E-state index < -0.39 is 0 Å². The van der Waals surface area contributed by atoms with Gasteiger partial charge in [0.05, 0.1) is 12.0 Å². The van der Waals surface area contributed by atoms with E-state index in [-0.39, 0.29) is 5.56 Å². The summed E-state index contributed by atoms with van der Waals surface area (Å²) in [6, 6.07) is 0. The Morgan fingerprint density at radius 3 is 2.77 bits per heavy atom. The highest BCUT2D eigenvalue weighted by Gasteiger charge is 2.07. The summed E-state index contributed by atoms with van der Waals surface area (Å²) in [5.41, 5.74) is 1.78. The van der Waals surface area contributed by atoms with Gasteiger partial charge in [-0.2, -0.15) is 0 Å². The standard InChI is InChI=1S/C10H16N2O/c1-4-8-9(5-7(2)3)11-6-12-10(8)13/h6-7H,4-5H2,1-3H3,(H,11,12,13). The van der Waals surface area contributed by atoms with Crippen molar-refractivity contribution in [3.8, 4) is 0 Å². The quantitative estimate of drug-likeness (QED) is 0.766. The van der Waals surface area contributed by atoms with E-state index >= 15 is 0 Å². The van der Waals surface area contributed by atoms with Gasteiger partial charge in [-0.3, -0.25) is 4.79 Å². The minimum absolute atomic E-state index is 0.00755. The number of rotatable bonds is 3. The minimum atomic E-state index is 0.00755. The summed E-state index contributed by atoms with van der Waals surface area (Å²) in [5, 5.41) is 0. The van der Waals surface area contributed by atoms with Crippen molar-refractivity contribution < 1.29 is 0 Å². The van der Waals surface area contributed by atoms with Crippen molar-refractivity contribution in [2.75, 3.05) is 0 Å². The number of nitrogens with zero attached hydrogens (tertiary/aromatic N) is 1. The highest BCUT2D eigenvalue weighted by atomic mass is 16.1. The molecule has 0 bridgehead atoms. The predicted octanol–water partition coefficient (Wildman–Crippen LogP) is 1.53. The van der Waals surface area contributed by atoms with Gasteiger partial charge in [0.25, 0.3) is 5.56 Å². The molecule has 1 N–H and O–H groups in total. The summed E-state index contributed by atoms with van der Waals surface area (Å²) in [6.45, 7) is 6.24. The Bertz CT molecular complexity index is 328. The maximum absolute atomic E-state index is 11.4. The van der Waals surface area contributed by atoms with E-state index in [1.165, 1.54) is 6.33 Å². The summed E-state index contributed by atoms with van der Waals surface area (Å²) in [7, 11) is 0. The first kappa shape index (κ1) is 9.96. The third kappa shape index (κ3) is 2.41. The Labute approximate surface area is 78.2 Å². The molecule has 0 aromatic carbocycles. The lowest BCUT2D eigenvalue weighted by atomic mass is 10.0. The van der Waals surface area contributed by atoms with E-state index in [0.29, 0.717) is 5.92 Å². The number of aromatic amines is 1. The molecule has 3 heteroatoms. The third-order valence-electron chi connectivity index (χ3n) is 1.99. The van der Waals surface area contributed by atoms with Crippen LogP contribution in [0.15, 0.2) is 11.1 Å². The Hall–Kier alpha value is -1.12. The average Bonchev–Trinajstić information content (AvgIpc) is 2.03. The van der Waals surface area contributed by atoms with Crippen LogP contribution in [0.3, 0.4) is 0 Å². The van der Waals surface area contributed by atoms with Crippen LogP contribution in [-0.4, -0.2) is 9.97 Å². The lowest BCUT2D eigenvalue weighted by molar-refractivity contribution is 0.627. The molecule has 0 fully saturated rings. The van der Waals surface area contributed by atoms with E-state index in [1.807, 2.05) is 6.92 Å². The molecule has 0 aliphatic carbocycles. The van der Waals surface area contributed by atoms with Crippen LogP contribution in [0, 0.1) is 5.92 Å². The van der Waals surface area contributed by atoms with E-state index in [2.05, 4.69) is 23.8 Å². The van der Waals surface area contributed by atoms with Crippen LogP contribution in [0.2, 0.25) is 0 Å². The fourth-order valence-electron chi connectivity index (χ4n) is 1.39. The van der Waals surface area contributed by atoms with Crippen molar-refractivity contribution in [3.05, 3.63) is 27.9 Å². The van der Waals surface area contributed by atoms with Crippen LogP contribution in [0.1, 0.15) is 32.0 Å². The van der Waals surface area contributed by atoms with Gasteiger partial charge in [0.1, 0.15) is 0 Å². The maximum Gasteiger partial charge on any atom is 0.254 e. The van der Waals surface area contributed by atoms with Crippen molar-refractivity contribution in [1.82, 2.24) is 9.97 Å². The Balaban J connectivity index is 3.05. The molecule has 0 radical (unpaired) electrons. The molecule has 1 heterocycles. The molecule has 1 aromatic rings. The first-order valence-electron chi connectivity index (χ1n) is 4.70. The molecule has 13 heavy (non-hydrogen) atoms. The number of hydrogen-bond donors (Lipinski definition) is 1. The van der Waals surface area contributed by atoms with E-state index in [9.17, 15) is 4.79 Å². The lowest BCUT2D eigenvalue weighted by Gasteiger charge is -2.07. The highest BCUT2D eigenvalue weighted by molar-refractivity contribution is 5.16. The molecular formula is C10H16N2O. The van der Waals surface area contributed by atoms with Gasteiger partial charge in [-0.1, -0.05) is 20.8 Å². The van der Waals surface area contributed by atoms with Crippen molar-refractivity contribution in [2.45, 2.75) is 33.6 Å². The largest absolute Gasteiger partial charge is 0.313 e. The second kappa shape index (κ2) is 4.21. The zero-order valence-electron chi connectivity index (χ0n) is 8.42. The molecule has 3 nitrogen and oxygen atoms in total. The molecule has 1 aromatic heterocycles. The SMILES string of the molecule is CCc1c(CC(C)C)nc[nH]c1=O. The second-order valence-corrected chi connectivity index (χ2v) is 3.61. The normalized spacial score (nSPS) is 10.8. The van der Waals surface area contributed by atoms with Gasteiger partial charge in [0.15, 0.2) is 0 Å². The Morgan fingerprint density at radius 1 is 1.54 bits per heavy atom. The zero-order chi connectivity index (χ0) is 9.84. The minimum Gasteiger partial charge on any atom is -0.313 e. The molecule has 72 valence electrons. The molecule has 0 amide bonds. The molecule has 1 rings (SSSR count). The molecule has 0 atom stereocenters. The number of nitrogens with one attached hydrogen (secondary N) is 1. The van der Waals surface area contributed by atoms with Crippen LogP contribution < -0.4 is 5.56 Å². The van der Waals surface area contributed by atoms with Gasteiger partial charge < -0.3 is 4.98 Å². The van der Waals surface area contributed by atoms with Crippen LogP contribution >= 0.6 is 0 Å². The van der Waals surface area contributed by atoms with Crippen molar-refractivity contribution >= 4 is 0 Å². The van der Waals surface area contributed by atoms with E-state index in [4.69, 9.17) is 0 Å². The van der Waals surface area contributed by atoms with Crippen LogP contribution in [0.4, 0.5) is 0 Å². The molecule has 0 aliphatic heterocycles. The molecule has 0 saturated carbocycles. The number of H-pyrrole nitrogens is 1. The van der Waals surface area contributed by atoms with Crippen molar-refractivity contribution in [1.29, 1.82) is 0 Å². The van der Waals surface area contributed by atoms with Gasteiger partial charge in [0.2, 0.25) is 0 Å². The molecular weight excluding hydrogens is 164 g/mol. The molecule has 0 spiro atoms. The average molecular weight is 180 g/mol. The monoisotopic (exact) mass is 180 g/mol. The fourth-order valence-corrected chi connectivity index (χ4v) is 1.39. The topological polar surface area (TPSA) is 45.8 Å². The van der Waals surface area contributed by atoms with Crippen molar-refractivity contribution in [3.63, 3.8) is 0 Å². The molecule has 0 aliphatic rings. The van der Waals surface area contributed by atoms with Crippen LogP contribution in [0.5, 0.6) is 0 Å². The summed E-state index contributed by atoms with van der Waals surface area (Å²) in [4.78, 5) is 18.1. The molecule has 0 saturated heterocycles. The van der Waals surface area contributed by atoms with Gasteiger partial charge in [-0.05, 0) is 18.8 Å². The smallest absolute Gasteiger partial charge is 0.254 e. The first-order chi connectivity index (χ1) is 6.15. The van der Waals surface area contributed by atoms with E-state index in [0.717, 1.165) is 24.1 Å². The van der Waals surface area contributed by atoms with Crippen molar-refractivity contribution in [2.24, 2.45) is 5.92 Å². The summed E-state index contributed by atoms with van der Waals surface area (Å²) in [6.07, 6.45) is 3.12. The van der Waals surface area contributed by atoms with Crippen LogP contribution in [0.25, 0.3) is 0 Å². The maximum atomic E-state index is 11.4. The predicted molar refractivity (Wildman–Crippen MR) is 52.8 cm³/mol. The van der Waals surface area contributed by atoms with Gasteiger partial charge >= 0.3 is 0 Å². The zero-order valence-corrected chi connectivity index (χ0v) is 8.42. The number of hydrogen-bond acceptors (Lipinski definition) is 2. The van der Waals surface area contributed by atoms with Gasteiger partial charge in [-0.15, -0.1) is 0 Å². The van der Waals surface area contributed by atoms with E-state index in [1.54, 1.807) is 0 Å². The van der Waals surface area contributed by atoms with Gasteiger partial charge in [-0.25, -0.2) is 4.98 Å².